The van der Waals surface area contributed by atoms with E-state index in [0.717, 1.165) is 13.1 Å². The van der Waals surface area contributed by atoms with Crippen molar-refractivity contribution in [3.05, 3.63) is 35.9 Å². The van der Waals surface area contributed by atoms with Crippen molar-refractivity contribution in [1.29, 1.82) is 0 Å². The van der Waals surface area contributed by atoms with Crippen molar-refractivity contribution >= 4 is 5.97 Å². The van der Waals surface area contributed by atoms with Crippen molar-refractivity contribution in [2.75, 3.05) is 19.6 Å². The molecule has 1 aromatic rings. The molecule has 1 heterocycles. The molecule has 0 amide bonds. The Balaban J connectivity index is 1.81. The van der Waals surface area contributed by atoms with Gasteiger partial charge >= 0.3 is 5.97 Å². The molecular weight excluding hydrogens is 214 g/mol. The molecule has 1 fully saturated rings. The highest BCUT2D eigenvalue weighted by atomic mass is 16.4. The third kappa shape index (κ3) is 2.86. The standard InChI is InChI=1S/C14H19NO2/c1-2-11(14(16)17)8-15-9-13(10-15)12-6-4-3-5-7-12/h3-7,11,13H,2,8-10H2,1H3,(H,16,17). The molecule has 0 bridgehead atoms. The number of carbonyl (C=O) groups is 1. The van der Waals surface area contributed by atoms with Crippen molar-refractivity contribution in [1.82, 2.24) is 4.90 Å². The lowest BCUT2D eigenvalue weighted by molar-refractivity contribution is -0.143. The van der Waals surface area contributed by atoms with Gasteiger partial charge in [-0.3, -0.25) is 4.79 Å². The predicted molar refractivity (Wildman–Crippen MR) is 67.0 cm³/mol. The maximum absolute atomic E-state index is 10.9. The Labute approximate surface area is 102 Å². The molecule has 1 unspecified atom stereocenters. The highest BCUT2D eigenvalue weighted by Crippen LogP contribution is 2.27. The van der Waals surface area contributed by atoms with E-state index in [2.05, 4.69) is 29.2 Å². The second kappa shape index (κ2) is 5.32. The van der Waals surface area contributed by atoms with E-state index in [4.69, 9.17) is 5.11 Å². The van der Waals surface area contributed by atoms with Crippen LogP contribution in [0, 0.1) is 5.92 Å². The maximum atomic E-state index is 10.9. The fraction of sp³-hybridized carbons (Fsp3) is 0.500. The fourth-order valence-electron chi connectivity index (χ4n) is 2.35. The third-order valence-electron chi connectivity index (χ3n) is 3.55. The summed E-state index contributed by atoms with van der Waals surface area (Å²) in [4.78, 5) is 13.2. The number of aliphatic carboxylic acids is 1. The number of carboxylic acids is 1. The van der Waals surface area contributed by atoms with Gasteiger partial charge in [-0.05, 0) is 12.0 Å². The Morgan fingerprint density at radius 3 is 2.59 bits per heavy atom. The predicted octanol–water partition coefficient (Wildman–Crippen LogP) is 2.20. The van der Waals surface area contributed by atoms with E-state index in [9.17, 15) is 4.79 Å². The molecule has 0 spiro atoms. The van der Waals surface area contributed by atoms with Gasteiger partial charge in [-0.25, -0.2) is 0 Å². The molecule has 1 saturated heterocycles. The zero-order chi connectivity index (χ0) is 12.3. The van der Waals surface area contributed by atoms with Crippen LogP contribution < -0.4 is 0 Å². The summed E-state index contributed by atoms with van der Waals surface area (Å²) in [5.74, 6) is -0.301. The minimum absolute atomic E-state index is 0.216. The molecule has 17 heavy (non-hydrogen) atoms. The lowest BCUT2D eigenvalue weighted by Crippen LogP contribution is -2.48. The molecule has 0 aliphatic carbocycles. The Bertz CT molecular complexity index is 371. The largest absolute Gasteiger partial charge is 0.481 e. The molecule has 0 saturated carbocycles. The molecule has 92 valence electrons. The van der Waals surface area contributed by atoms with Crippen LogP contribution in [0.5, 0.6) is 0 Å². The van der Waals surface area contributed by atoms with Gasteiger partial charge in [-0.1, -0.05) is 37.3 Å². The normalized spacial score (nSPS) is 18.6. The minimum atomic E-state index is -0.671. The number of hydrogen-bond acceptors (Lipinski definition) is 2. The number of benzene rings is 1. The summed E-state index contributed by atoms with van der Waals surface area (Å²) in [6.07, 6.45) is 0.710. The Hall–Kier alpha value is -1.35. The highest BCUT2D eigenvalue weighted by molar-refractivity contribution is 5.70. The SMILES string of the molecule is CCC(CN1CC(c2ccccc2)C1)C(=O)O. The number of rotatable bonds is 5. The molecular formula is C14H19NO2. The van der Waals surface area contributed by atoms with Gasteiger partial charge in [0.05, 0.1) is 5.92 Å². The zero-order valence-electron chi connectivity index (χ0n) is 10.2. The molecule has 2 rings (SSSR count). The van der Waals surface area contributed by atoms with Gasteiger partial charge in [0, 0.05) is 25.6 Å². The Kier molecular flexibility index (Phi) is 3.79. The third-order valence-corrected chi connectivity index (χ3v) is 3.55. The summed E-state index contributed by atoms with van der Waals surface area (Å²) in [6.45, 7) is 4.62. The van der Waals surface area contributed by atoms with E-state index < -0.39 is 5.97 Å². The first-order valence-electron chi connectivity index (χ1n) is 6.20. The zero-order valence-corrected chi connectivity index (χ0v) is 10.2. The van der Waals surface area contributed by atoms with E-state index in [-0.39, 0.29) is 5.92 Å². The quantitative estimate of drug-likeness (QED) is 0.847. The van der Waals surface area contributed by atoms with Crippen LogP contribution in [0.4, 0.5) is 0 Å². The summed E-state index contributed by atoms with van der Waals surface area (Å²) in [5, 5.41) is 9.00. The Morgan fingerprint density at radius 2 is 2.06 bits per heavy atom. The van der Waals surface area contributed by atoms with Crippen molar-refractivity contribution in [3.63, 3.8) is 0 Å². The second-order valence-electron chi connectivity index (χ2n) is 4.77. The van der Waals surface area contributed by atoms with Gasteiger partial charge < -0.3 is 10.0 Å². The highest BCUT2D eigenvalue weighted by Gasteiger charge is 2.30. The topological polar surface area (TPSA) is 40.5 Å². The molecule has 1 N–H and O–H groups in total. The van der Waals surface area contributed by atoms with Crippen LogP contribution in [-0.2, 0) is 4.79 Å². The number of hydrogen-bond donors (Lipinski definition) is 1. The lowest BCUT2D eigenvalue weighted by atomic mass is 9.90. The molecule has 1 atom stereocenters. The summed E-state index contributed by atoms with van der Waals surface area (Å²) in [6, 6.07) is 10.4. The fourth-order valence-corrected chi connectivity index (χ4v) is 2.35. The number of likely N-dealkylation sites (tertiary alicyclic amines) is 1. The summed E-state index contributed by atoms with van der Waals surface area (Å²) in [5.41, 5.74) is 1.37. The van der Waals surface area contributed by atoms with Crippen LogP contribution in [0.15, 0.2) is 30.3 Å². The van der Waals surface area contributed by atoms with Gasteiger partial charge in [0.15, 0.2) is 0 Å². The maximum Gasteiger partial charge on any atom is 0.307 e. The van der Waals surface area contributed by atoms with Gasteiger partial charge in [-0.2, -0.15) is 0 Å². The summed E-state index contributed by atoms with van der Waals surface area (Å²) >= 11 is 0. The second-order valence-corrected chi connectivity index (χ2v) is 4.77. The first-order valence-corrected chi connectivity index (χ1v) is 6.20. The van der Waals surface area contributed by atoms with Gasteiger partial charge in [0.2, 0.25) is 0 Å². The van der Waals surface area contributed by atoms with Crippen LogP contribution >= 0.6 is 0 Å². The molecule has 1 aromatic carbocycles. The number of nitrogens with zero attached hydrogens (tertiary/aromatic N) is 1. The first kappa shape index (κ1) is 12.1. The van der Waals surface area contributed by atoms with Crippen LogP contribution in [0.1, 0.15) is 24.8 Å². The molecule has 1 aliphatic rings. The van der Waals surface area contributed by atoms with Crippen LogP contribution in [0.2, 0.25) is 0 Å². The van der Waals surface area contributed by atoms with Gasteiger partial charge in [-0.15, -0.1) is 0 Å². The lowest BCUT2D eigenvalue weighted by Gasteiger charge is -2.40. The molecule has 1 aliphatic heterocycles. The van der Waals surface area contributed by atoms with Crippen LogP contribution in [0.25, 0.3) is 0 Å². The van der Waals surface area contributed by atoms with Gasteiger partial charge in [0.25, 0.3) is 0 Å². The smallest absolute Gasteiger partial charge is 0.307 e. The first-order chi connectivity index (χ1) is 8.20. The van der Waals surface area contributed by atoms with Crippen molar-refractivity contribution in [2.45, 2.75) is 19.3 Å². The summed E-state index contributed by atoms with van der Waals surface area (Å²) in [7, 11) is 0. The minimum Gasteiger partial charge on any atom is -0.481 e. The monoisotopic (exact) mass is 233 g/mol. The van der Waals surface area contributed by atoms with E-state index in [1.807, 2.05) is 13.0 Å². The van der Waals surface area contributed by atoms with Crippen LogP contribution in [0.3, 0.4) is 0 Å². The average Bonchev–Trinajstić information content (AvgIpc) is 2.28. The van der Waals surface area contributed by atoms with E-state index >= 15 is 0 Å². The van der Waals surface area contributed by atoms with Crippen molar-refractivity contribution in [3.8, 4) is 0 Å². The molecule has 3 nitrogen and oxygen atoms in total. The molecule has 0 radical (unpaired) electrons. The van der Waals surface area contributed by atoms with Crippen molar-refractivity contribution < 1.29 is 9.90 Å². The number of carboxylic acid groups (broad SMARTS) is 1. The Morgan fingerprint density at radius 1 is 1.41 bits per heavy atom. The van der Waals surface area contributed by atoms with E-state index in [1.54, 1.807) is 0 Å². The average molecular weight is 233 g/mol. The van der Waals surface area contributed by atoms with E-state index in [0.29, 0.717) is 18.9 Å². The molecule has 0 aromatic heterocycles. The molecule has 3 heteroatoms. The van der Waals surface area contributed by atoms with Crippen molar-refractivity contribution in [2.24, 2.45) is 5.92 Å². The van der Waals surface area contributed by atoms with Gasteiger partial charge in [0.1, 0.15) is 0 Å². The van der Waals surface area contributed by atoms with Crippen LogP contribution in [-0.4, -0.2) is 35.6 Å². The summed E-state index contributed by atoms with van der Waals surface area (Å²) < 4.78 is 0. The van der Waals surface area contributed by atoms with E-state index in [1.165, 1.54) is 5.56 Å².